The number of fused-ring (bicyclic) bond motifs is 1. The van der Waals surface area contributed by atoms with Gasteiger partial charge in [-0.3, -0.25) is 10.1 Å². The third-order valence-electron chi connectivity index (χ3n) is 3.79. The third-order valence-corrected chi connectivity index (χ3v) is 3.79. The van der Waals surface area contributed by atoms with Crippen LogP contribution in [0.4, 0.5) is 10.5 Å². The van der Waals surface area contributed by atoms with Gasteiger partial charge in [0.05, 0.1) is 0 Å². The fourth-order valence-electron chi connectivity index (χ4n) is 2.72. The number of nitrogens with one attached hydrogen (secondary N) is 1. The molecule has 5 nitrogen and oxygen atoms in total. The summed E-state index contributed by atoms with van der Waals surface area (Å²) in [6.07, 6.45) is 1.11. The van der Waals surface area contributed by atoms with Crippen molar-refractivity contribution in [2.24, 2.45) is 0 Å². The molecule has 3 amide bonds. The van der Waals surface area contributed by atoms with Crippen LogP contribution in [-0.4, -0.2) is 29.4 Å². The third kappa shape index (κ3) is 1.19. The van der Waals surface area contributed by atoms with Gasteiger partial charge in [-0.2, -0.15) is 0 Å². The molecule has 1 saturated heterocycles. The van der Waals surface area contributed by atoms with Crippen LogP contribution in [0, 0.1) is 0 Å². The largest absolute Gasteiger partial charge is 0.399 e. The minimum absolute atomic E-state index is 0.209. The van der Waals surface area contributed by atoms with Crippen molar-refractivity contribution >= 4 is 17.6 Å². The molecule has 1 atom stereocenters. The van der Waals surface area contributed by atoms with Crippen molar-refractivity contribution in [1.29, 1.82) is 0 Å². The van der Waals surface area contributed by atoms with Crippen molar-refractivity contribution in [3.05, 3.63) is 29.3 Å². The lowest BCUT2D eigenvalue weighted by Crippen LogP contribution is -2.48. The van der Waals surface area contributed by atoms with Crippen LogP contribution in [0.1, 0.15) is 11.1 Å². The van der Waals surface area contributed by atoms with Gasteiger partial charge in [0.1, 0.15) is 5.54 Å². The Morgan fingerprint density at radius 1 is 1.29 bits per heavy atom. The number of nitrogens with zero attached hydrogens (tertiary/aromatic N) is 1. The van der Waals surface area contributed by atoms with Crippen molar-refractivity contribution in [2.45, 2.75) is 18.4 Å². The van der Waals surface area contributed by atoms with E-state index in [4.69, 9.17) is 5.73 Å². The number of hydrogen-bond acceptors (Lipinski definition) is 3. The summed E-state index contributed by atoms with van der Waals surface area (Å²) < 4.78 is 0. The van der Waals surface area contributed by atoms with Crippen LogP contribution < -0.4 is 11.1 Å². The van der Waals surface area contributed by atoms with Gasteiger partial charge in [-0.15, -0.1) is 0 Å². The van der Waals surface area contributed by atoms with Crippen molar-refractivity contribution in [1.82, 2.24) is 10.2 Å². The molecule has 5 heteroatoms. The summed E-state index contributed by atoms with van der Waals surface area (Å²) in [6.45, 7) is 0. The Kier molecular flexibility index (Phi) is 1.79. The van der Waals surface area contributed by atoms with Crippen LogP contribution >= 0.6 is 0 Å². The summed E-state index contributed by atoms with van der Waals surface area (Å²) in [4.78, 5) is 25.0. The van der Waals surface area contributed by atoms with E-state index in [0.29, 0.717) is 18.5 Å². The van der Waals surface area contributed by atoms with Crippen molar-refractivity contribution in [2.75, 3.05) is 12.8 Å². The van der Waals surface area contributed by atoms with E-state index in [-0.39, 0.29) is 11.9 Å². The number of amides is 3. The predicted octanol–water partition coefficient (Wildman–Crippen LogP) is 0.288. The molecule has 0 radical (unpaired) electrons. The first kappa shape index (κ1) is 10.1. The second-order valence-corrected chi connectivity index (χ2v) is 4.73. The standard InChI is InChI=1S/C12H13N3O2/c1-15-11(17)14-10(16)12(15)5-7-2-3-9(13)4-8(7)6-12/h2-4H,5-6,13H2,1H3,(H,14,16,17). The summed E-state index contributed by atoms with van der Waals surface area (Å²) in [6, 6.07) is 5.32. The van der Waals surface area contributed by atoms with Crippen LogP contribution in [-0.2, 0) is 17.6 Å². The van der Waals surface area contributed by atoms with Crippen LogP contribution in [0.2, 0.25) is 0 Å². The van der Waals surface area contributed by atoms with Gasteiger partial charge in [-0.05, 0) is 23.3 Å². The fourth-order valence-corrected chi connectivity index (χ4v) is 2.72. The minimum Gasteiger partial charge on any atom is -0.399 e. The maximum Gasteiger partial charge on any atom is 0.324 e. The molecule has 1 aromatic carbocycles. The number of likely N-dealkylation sites (N-methyl/N-ethyl adjacent to an activating group) is 1. The average molecular weight is 231 g/mol. The highest BCUT2D eigenvalue weighted by Crippen LogP contribution is 2.37. The van der Waals surface area contributed by atoms with Gasteiger partial charge >= 0.3 is 6.03 Å². The van der Waals surface area contributed by atoms with E-state index in [9.17, 15) is 9.59 Å². The Morgan fingerprint density at radius 2 is 2.00 bits per heavy atom. The van der Waals surface area contributed by atoms with Gasteiger partial charge < -0.3 is 10.6 Å². The number of hydrogen-bond donors (Lipinski definition) is 2. The predicted molar refractivity (Wildman–Crippen MR) is 62.3 cm³/mol. The molecule has 1 spiro atoms. The molecule has 3 N–H and O–H groups in total. The number of imide groups is 1. The zero-order valence-electron chi connectivity index (χ0n) is 9.49. The molecule has 3 rings (SSSR count). The fraction of sp³-hybridized carbons (Fsp3) is 0.333. The number of carbonyl (C=O) groups excluding carboxylic acids is 2. The monoisotopic (exact) mass is 231 g/mol. The Balaban J connectivity index is 2.05. The molecule has 1 unspecified atom stereocenters. The van der Waals surface area contributed by atoms with Crippen LogP contribution in [0.25, 0.3) is 0 Å². The van der Waals surface area contributed by atoms with Gasteiger partial charge in [-0.1, -0.05) is 6.07 Å². The lowest BCUT2D eigenvalue weighted by Gasteiger charge is -2.27. The normalized spacial score (nSPS) is 26.5. The topological polar surface area (TPSA) is 75.4 Å². The summed E-state index contributed by atoms with van der Waals surface area (Å²) >= 11 is 0. The molecular weight excluding hydrogens is 218 g/mol. The molecule has 88 valence electrons. The number of rotatable bonds is 0. The number of carbonyl (C=O) groups is 2. The highest BCUT2D eigenvalue weighted by molar-refractivity contribution is 6.07. The van der Waals surface area contributed by atoms with Crippen LogP contribution in [0.15, 0.2) is 18.2 Å². The molecule has 2 aliphatic rings. The molecule has 0 saturated carbocycles. The Bertz CT molecular complexity index is 541. The highest BCUT2D eigenvalue weighted by Gasteiger charge is 2.54. The molecule has 1 aromatic rings. The first-order valence-corrected chi connectivity index (χ1v) is 5.49. The molecule has 1 fully saturated rings. The first-order chi connectivity index (χ1) is 8.03. The van der Waals surface area contributed by atoms with E-state index < -0.39 is 5.54 Å². The molecule has 1 heterocycles. The second kappa shape index (κ2) is 3.00. The lowest BCUT2D eigenvalue weighted by molar-refractivity contribution is -0.125. The quantitative estimate of drug-likeness (QED) is 0.497. The molecule has 1 aliphatic carbocycles. The smallest absolute Gasteiger partial charge is 0.324 e. The summed E-state index contributed by atoms with van der Waals surface area (Å²) in [5.74, 6) is -0.209. The Hall–Kier alpha value is -2.04. The van der Waals surface area contributed by atoms with Crippen molar-refractivity contribution < 1.29 is 9.59 Å². The molecular formula is C12H13N3O2. The van der Waals surface area contributed by atoms with E-state index in [2.05, 4.69) is 5.32 Å². The SMILES string of the molecule is CN1C(=O)NC(=O)C12Cc1ccc(N)cc1C2. The number of nitrogen functional groups attached to an aromatic ring is 1. The van der Waals surface area contributed by atoms with Crippen LogP contribution in [0.5, 0.6) is 0 Å². The molecule has 0 aromatic heterocycles. The van der Waals surface area contributed by atoms with E-state index >= 15 is 0 Å². The zero-order valence-corrected chi connectivity index (χ0v) is 9.49. The average Bonchev–Trinajstić information content (AvgIpc) is 2.74. The summed E-state index contributed by atoms with van der Waals surface area (Å²) in [7, 11) is 1.66. The number of benzene rings is 1. The first-order valence-electron chi connectivity index (χ1n) is 5.49. The van der Waals surface area contributed by atoms with Gasteiger partial charge in [0.25, 0.3) is 5.91 Å². The van der Waals surface area contributed by atoms with Crippen molar-refractivity contribution in [3.8, 4) is 0 Å². The minimum atomic E-state index is -0.743. The van der Waals surface area contributed by atoms with E-state index in [1.807, 2.05) is 18.2 Å². The van der Waals surface area contributed by atoms with E-state index in [1.54, 1.807) is 7.05 Å². The molecule has 1 aliphatic heterocycles. The maximum atomic E-state index is 12.0. The van der Waals surface area contributed by atoms with Gasteiger partial charge in [0, 0.05) is 25.6 Å². The zero-order chi connectivity index (χ0) is 12.2. The second-order valence-electron chi connectivity index (χ2n) is 4.73. The van der Waals surface area contributed by atoms with Gasteiger partial charge in [0.15, 0.2) is 0 Å². The Labute approximate surface area is 98.6 Å². The van der Waals surface area contributed by atoms with Gasteiger partial charge in [0.2, 0.25) is 0 Å². The van der Waals surface area contributed by atoms with E-state index in [0.717, 1.165) is 11.1 Å². The number of urea groups is 1. The number of nitrogens with two attached hydrogens (primary N) is 1. The maximum absolute atomic E-state index is 12.0. The molecule has 17 heavy (non-hydrogen) atoms. The number of anilines is 1. The Morgan fingerprint density at radius 3 is 2.65 bits per heavy atom. The van der Waals surface area contributed by atoms with Crippen LogP contribution in [0.3, 0.4) is 0 Å². The lowest BCUT2D eigenvalue weighted by atomic mass is 9.95. The summed E-state index contributed by atoms with van der Waals surface area (Å²) in [5, 5.41) is 2.37. The highest BCUT2D eigenvalue weighted by atomic mass is 16.2. The van der Waals surface area contributed by atoms with Crippen molar-refractivity contribution in [3.63, 3.8) is 0 Å². The molecule has 0 bridgehead atoms. The van der Waals surface area contributed by atoms with Gasteiger partial charge in [-0.25, -0.2) is 4.79 Å². The van der Waals surface area contributed by atoms with E-state index in [1.165, 1.54) is 4.90 Å². The summed E-state index contributed by atoms with van der Waals surface area (Å²) in [5.41, 5.74) is 7.83.